The second-order valence-electron chi connectivity index (χ2n) is 5.10. The molecule has 3 rings (SSSR count). The minimum atomic E-state index is -1.03. The lowest BCUT2D eigenvalue weighted by Crippen LogP contribution is -2.10. The third-order valence-electron chi connectivity index (χ3n) is 3.24. The highest BCUT2D eigenvalue weighted by molar-refractivity contribution is 5.93. The van der Waals surface area contributed by atoms with E-state index in [0.29, 0.717) is 30.5 Å². The molecule has 114 valence electrons. The number of anilines is 2. The first-order chi connectivity index (χ1) is 10.6. The normalized spacial score (nSPS) is 16.1. The van der Waals surface area contributed by atoms with Gasteiger partial charge in [-0.3, -0.25) is 0 Å². The van der Waals surface area contributed by atoms with Gasteiger partial charge in [-0.15, -0.1) is 0 Å². The lowest BCUT2D eigenvalue weighted by Gasteiger charge is -2.14. The summed E-state index contributed by atoms with van der Waals surface area (Å²) in [5, 5.41) is 12.4. The number of nitrogens with zero attached hydrogens (tertiary/aromatic N) is 1. The molecule has 6 heteroatoms. The van der Waals surface area contributed by atoms with Gasteiger partial charge in [0.25, 0.3) is 0 Å². The van der Waals surface area contributed by atoms with E-state index < -0.39 is 5.97 Å². The molecule has 0 spiro atoms. The molecule has 0 amide bonds. The smallest absolute Gasteiger partial charge is 0.339 e. The van der Waals surface area contributed by atoms with Crippen molar-refractivity contribution in [3.63, 3.8) is 0 Å². The zero-order valence-corrected chi connectivity index (χ0v) is 12.1. The largest absolute Gasteiger partial charge is 0.488 e. The number of nitrogens with one attached hydrogen (secondary N) is 1. The summed E-state index contributed by atoms with van der Waals surface area (Å²) in [6, 6.07) is 8.70. The summed E-state index contributed by atoms with van der Waals surface area (Å²) in [5.41, 5.74) is 1.72. The van der Waals surface area contributed by atoms with E-state index in [2.05, 4.69) is 10.3 Å². The number of pyridine rings is 1. The molecule has 1 saturated heterocycles. The van der Waals surface area contributed by atoms with Crippen LogP contribution in [0.1, 0.15) is 15.9 Å². The van der Waals surface area contributed by atoms with Crippen LogP contribution in [0.25, 0.3) is 0 Å². The zero-order valence-electron chi connectivity index (χ0n) is 12.1. The Bertz CT molecular complexity index is 681. The van der Waals surface area contributed by atoms with E-state index in [-0.39, 0.29) is 11.7 Å². The number of hydrogen-bond acceptors (Lipinski definition) is 5. The predicted octanol–water partition coefficient (Wildman–Crippen LogP) is 2.61. The van der Waals surface area contributed by atoms with Crippen molar-refractivity contribution in [3.05, 3.63) is 47.7 Å². The van der Waals surface area contributed by atoms with E-state index in [1.807, 2.05) is 19.1 Å². The molecule has 1 aromatic heterocycles. The molecule has 0 radical (unpaired) electrons. The van der Waals surface area contributed by atoms with Gasteiger partial charge < -0.3 is 19.9 Å². The Kier molecular flexibility index (Phi) is 3.93. The monoisotopic (exact) mass is 300 g/mol. The van der Waals surface area contributed by atoms with E-state index >= 15 is 0 Å². The number of carboxylic acid groups (broad SMARTS) is 1. The number of carbonyl (C=O) groups is 1. The summed E-state index contributed by atoms with van der Waals surface area (Å²) in [6.45, 7) is 2.93. The Balaban J connectivity index is 1.88. The maximum atomic E-state index is 11.4. The first kappa shape index (κ1) is 14.3. The van der Waals surface area contributed by atoms with Gasteiger partial charge in [-0.2, -0.15) is 0 Å². The third kappa shape index (κ3) is 3.35. The summed E-state index contributed by atoms with van der Waals surface area (Å²) in [6.07, 6.45) is 1.79. The lowest BCUT2D eigenvalue weighted by molar-refractivity contribution is 0.0692. The van der Waals surface area contributed by atoms with E-state index in [1.54, 1.807) is 18.3 Å². The van der Waals surface area contributed by atoms with Gasteiger partial charge in [0.05, 0.1) is 12.3 Å². The van der Waals surface area contributed by atoms with Crippen LogP contribution >= 0.6 is 0 Å². The van der Waals surface area contributed by atoms with Crippen LogP contribution in [0.5, 0.6) is 5.75 Å². The summed E-state index contributed by atoms with van der Waals surface area (Å²) in [7, 11) is 0. The molecule has 0 aliphatic carbocycles. The fourth-order valence-electron chi connectivity index (χ4n) is 1.98. The van der Waals surface area contributed by atoms with Crippen LogP contribution in [0.4, 0.5) is 11.5 Å². The van der Waals surface area contributed by atoms with Crippen LogP contribution in [-0.4, -0.2) is 35.4 Å². The van der Waals surface area contributed by atoms with Crippen molar-refractivity contribution in [3.8, 4) is 5.75 Å². The van der Waals surface area contributed by atoms with Crippen LogP contribution in [-0.2, 0) is 4.74 Å². The molecule has 2 heterocycles. The SMILES string of the molecule is Cc1ccc(Nc2cccc(C(=O)O)c2OCC2CO2)nc1. The summed E-state index contributed by atoms with van der Waals surface area (Å²) >= 11 is 0. The van der Waals surface area contributed by atoms with Crippen molar-refractivity contribution in [1.29, 1.82) is 0 Å². The van der Waals surface area contributed by atoms with Gasteiger partial charge in [-0.25, -0.2) is 9.78 Å². The van der Waals surface area contributed by atoms with Crippen molar-refractivity contribution in [2.24, 2.45) is 0 Å². The predicted molar refractivity (Wildman–Crippen MR) is 80.9 cm³/mol. The van der Waals surface area contributed by atoms with Crippen molar-refractivity contribution in [1.82, 2.24) is 4.98 Å². The maximum Gasteiger partial charge on any atom is 0.339 e. The Morgan fingerprint density at radius 2 is 2.27 bits per heavy atom. The van der Waals surface area contributed by atoms with Crippen LogP contribution in [0.2, 0.25) is 0 Å². The number of epoxide rings is 1. The Labute approximate surface area is 127 Å². The first-order valence-corrected chi connectivity index (χ1v) is 6.94. The quantitative estimate of drug-likeness (QED) is 0.798. The summed E-state index contributed by atoms with van der Waals surface area (Å²) < 4.78 is 10.8. The molecule has 0 saturated carbocycles. The standard InChI is InChI=1S/C16H16N2O4/c1-10-5-6-14(17-7-10)18-13-4-2-3-12(16(19)20)15(13)22-9-11-8-21-11/h2-7,11H,8-9H2,1H3,(H,17,18)(H,19,20). The van der Waals surface area contributed by atoms with Gasteiger partial charge in [0.2, 0.25) is 0 Å². The summed E-state index contributed by atoms with van der Waals surface area (Å²) in [4.78, 5) is 15.6. The van der Waals surface area contributed by atoms with Crippen molar-refractivity contribution in [2.45, 2.75) is 13.0 Å². The molecule has 1 fully saturated rings. The molecule has 2 aromatic rings. The van der Waals surface area contributed by atoms with E-state index in [0.717, 1.165) is 5.56 Å². The van der Waals surface area contributed by atoms with Gasteiger partial charge in [0, 0.05) is 6.20 Å². The lowest BCUT2D eigenvalue weighted by atomic mass is 10.1. The Hall–Kier alpha value is -2.60. The van der Waals surface area contributed by atoms with Crippen LogP contribution in [0.15, 0.2) is 36.5 Å². The minimum absolute atomic E-state index is 0.0483. The Morgan fingerprint density at radius 1 is 1.45 bits per heavy atom. The van der Waals surface area contributed by atoms with E-state index in [9.17, 15) is 9.90 Å². The van der Waals surface area contributed by atoms with Gasteiger partial charge in [-0.05, 0) is 30.7 Å². The number of benzene rings is 1. The number of ether oxygens (including phenoxy) is 2. The third-order valence-corrected chi connectivity index (χ3v) is 3.24. The second-order valence-corrected chi connectivity index (χ2v) is 5.10. The fourth-order valence-corrected chi connectivity index (χ4v) is 1.98. The fraction of sp³-hybridized carbons (Fsp3) is 0.250. The number of rotatable bonds is 6. The Morgan fingerprint density at radius 3 is 2.91 bits per heavy atom. The number of para-hydroxylation sites is 1. The second kappa shape index (κ2) is 6.03. The van der Waals surface area contributed by atoms with Crippen LogP contribution in [0.3, 0.4) is 0 Å². The van der Waals surface area contributed by atoms with Gasteiger partial charge >= 0.3 is 5.97 Å². The number of aryl methyl sites for hydroxylation is 1. The molecule has 1 atom stereocenters. The van der Waals surface area contributed by atoms with Crippen molar-refractivity contribution >= 4 is 17.5 Å². The zero-order chi connectivity index (χ0) is 15.5. The van der Waals surface area contributed by atoms with Gasteiger partial charge in [-0.1, -0.05) is 12.1 Å². The number of aromatic nitrogens is 1. The molecule has 1 unspecified atom stereocenters. The molecule has 1 aromatic carbocycles. The maximum absolute atomic E-state index is 11.4. The molecule has 1 aliphatic heterocycles. The molecule has 1 aliphatic rings. The molecule has 0 bridgehead atoms. The highest BCUT2D eigenvalue weighted by Gasteiger charge is 2.25. The first-order valence-electron chi connectivity index (χ1n) is 6.94. The van der Waals surface area contributed by atoms with Crippen LogP contribution < -0.4 is 10.1 Å². The van der Waals surface area contributed by atoms with Gasteiger partial charge in [0.15, 0.2) is 5.75 Å². The van der Waals surface area contributed by atoms with E-state index in [1.165, 1.54) is 6.07 Å². The average molecular weight is 300 g/mol. The molecular formula is C16H16N2O4. The molecule has 6 nitrogen and oxygen atoms in total. The minimum Gasteiger partial charge on any atom is -0.488 e. The van der Waals surface area contributed by atoms with Gasteiger partial charge in [0.1, 0.15) is 24.1 Å². The van der Waals surface area contributed by atoms with Crippen molar-refractivity contribution in [2.75, 3.05) is 18.5 Å². The molecule has 2 N–H and O–H groups in total. The number of aromatic carboxylic acids is 1. The molecule has 22 heavy (non-hydrogen) atoms. The average Bonchev–Trinajstić information content (AvgIpc) is 3.32. The highest BCUT2D eigenvalue weighted by Crippen LogP contribution is 2.32. The topological polar surface area (TPSA) is 84.0 Å². The highest BCUT2D eigenvalue weighted by atomic mass is 16.6. The van der Waals surface area contributed by atoms with Crippen LogP contribution in [0, 0.1) is 6.92 Å². The summed E-state index contributed by atoms with van der Waals surface area (Å²) in [5.74, 6) is -0.110. The molecular weight excluding hydrogens is 284 g/mol. The number of carboxylic acids is 1. The van der Waals surface area contributed by atoms with Crippen molar-refractivity contribution < 1.29 is 19.4 Å². The number of hydrogen-bond donors (Lipinski definition) is 2. The van der Waals surface area contributed by atoms with E-state index in [4.69, 9.17) is 9.47 Å².